The molecule has 0 saturated carbocycles. The smallest absolute Gasteiger partial charge is 0.336 e. The van der Waals surface area contributed by atoms with Gasteiger partial charge in [-0.05, 0) is 36.6 Å². The van der Waals surface area contributed by atoms with Gasteiger partial charge in [0.1, 0.15) is 11.4 Å². The van der Waals surface area contributed by atoms with Gasteiger partial charge in [-0.15, -0.1) is 0 Å². The summed E-state index contributed by atoms with van der Waals surface area (Å²) in [5.41, 5.74) is 2.66. The number of imidazole rings is 1. The molecule has 0 amide bonds. The van der Waals surface area contributed by atoms with E-state index in [9.17, 15) is 4.79 Å². The Morgan fingerprint density at radius 1 is 1.32 bits per heavy atom. The molecular formula is C20H23N3O2. The Bertz CT molecular complexity index is 957. The zero-order chi connectivity index (χ0) is 17.4. The van der Waals surface area contributed by atoms with Crippen molar-refractivity contribution in [2.24, 2.45) is 7.05 Å². The van der Waals surface area contributed by atoms with Crippen LogP contribution in [0.1, 0.15) is 36.2 Å². The lowest BCUT2D eigenvalue weighted by molar-refractivity contribution is 0.325. The predicted molar refractivity (Wildman–Crippen MR) is 97.7 cm³/mol. The largest absolute Gasteiger partial charge is 0.423 e. The Balaban J connectivity index is 1.59. The summed E-state index contributed by atoms with van der Waals surface area (Å²) in [5.74, 6) is 1.60. The summed E-state index contributed by atoms with van der Waals surface area (Å²) in [4.78, 5) is 18.9. The standard InChI is InChI=1S/C20H23N3O2/c1-3-14-4-5-17-16(11-19(24)25-18(17)10-14)13-23-8-6-15(12-23)20-21-7-9-22(20)2/h4-5,7,9-11,15H,3,6,8,12-13H2,1-2H3. The van der Waals surface area contributed by atoms with Crippen LogP contribution < -0.4 is 5.63 Å². The Hall–Kier alpha value is -2.40. The van der Waals surface area contributed by atoms with Crippen molar-refractivity contribution in [2.45, 2.75) is 32.2 Å². The molecule has 4 rings (SSSR count). The molecule has 0 aliphatic carbocycles. The van der Waals surface area contributed by atoms with E-state index in [2.05, 4.69) is 33.5 Å². The van der Waals surface area contributed by atoms with Crippen LogP contribution in [0.3, 0.4) is 0 Å². The molecule has 3 heterocycles. The van der Waals surface area contributed by atoms with Gasteiger partial charge in [-0.1, -0.05) is 19.1 Å². The molecule has 1 saturated heterocycles. The topological polar surface area (TPSA) is 51.3 Å². The molecule has 5 heteroatoms. The molecule has 25 heavy (non-hydrogen) atoms. The van der Waals surface area contributed by atoms with Gasteiger partial charge in [0.05, 0.1) is 0 Å². The van der Waals surface area contributed by atoms with E-state index in [1.54, 1.807) is 6.07 Å². The molecule has 5 nitrogen and oxygen atoms in total. The van der Waals surface area contributed by atoms with Crippen LogP contribution in [0, 0.1) is 0 Å². The first-order valence-corrected chi connectivity index (χ1v) is 8.89. The van der Waals surface area contributed by atoms with Crippen LogP contribution in [0.4, 0.5) is 0 Å². The molecule has 130 valence electrons. The van der Waals surface area contributed by atoms with Gasteiger partial charge in [0.25, 0.3) is 0 Å². The molecule has 0 N–H and O–H groups in total. The first-order valence-electron chi connectivity index (χ1n) is 8.89. The van der Waals surface area contributed by atoms with Crippen molar-refractivity contribution in [3.8, 4) is 0 Å². The predicted octanol–water partition coefficient (Wildman–Crippen LogP) is 3.08. The second-order valence-corrected chi connectivity index (χ2v) is 6.89. The summed E-state index contributed by atoms with van der Waals surface area (Å²) in [6.07, 6.45) is 5.89. The second kappa shape index (κ2) is 6.48. The van der Waals surface area contributed by atoms with Crippen molar-refractivity contribution in [1.29, 1.82) is 0 Å². The minimum atomic E-state index is -0.268. The molecule has 1 atom stereocenters. The fourth-order valence-corrected chi connectivity index (χ4v) is 3.82. The summed E-state index contributed by atoms with van der Waals surface area (Å²) in [5, 5.41) is 1.04. The number of nitrogens with zero attached hydrogens (tertiary/aromatic N) is 3. The zero-order valence-electron chi connectivity index (χ0n) is 14.7. The number of fused-ring (bicyclic) bond motifs is 1. The molecule has 0 radical (unpaired) electrons. The molecule has 3 aromatic rings. The van der Waals surface area contributed by atoms with Crippen LogP contribution in [0.5, 0.6) is 0 Å². The Morgan fingerprint density at radius 3 is 2.96 bits per heavy atom. The van der Waals surface area contributed by atoms with Gasteiger partial charge in [0.2, 0.25) is 0 Å². The van der Waals surface area contributed by atoms with Crippen molar-refractivity contribution >= 4 is 11.0 Å². The lowest BCUT2D eigenvalue weighted by atomic mass is 10.1. The Labute approximate surface area is 146 Å². The van der Waals surface area contributed by atoms with E-state index in [-0.39, 0.29) is 5.63 Å². The van der Waals surface area contributed by atoms with Gasteiger partial charge in [0.15, 0.2) is 0 Å². The lowest BCUT2D eigenvalue weighted by Crippen LogP contribution is -2.21. The van der Waals surface area contributed by atoms with Crippen LogP contribution in [-0.2, 0) is 20.0 Å². The number of rotatable bonds is 4. The molecule has 2 aromatic heterocycles. The first-order chi connectivity index (χ1) is 12.1. The fourth-order valence-electron chi connectivity index (χ4n) is 3.82. The van der Waals surface area contributed by atoms with Crippen LogP contribution in [0.2, 0.25) is 0 Å². The number of aromatic nitrogens is 2. The average Bonchev–Trinajstić information content (AvgIpc) is 3.22. The van der Waals surface area contributed by atoms with E-state index < -0.39 is 0 Å². The maximum absolute atomic E-state index is 12.0. The molecular weight excluding hydrogens is 314 g/mol. The Morgan fingerprint density at radius 2 is 2.20 bits per heavy atom. The van der Waals surface area contributed by atoms with Crippen molar-refractivity contribution in [3.05, 3.63) is 64.0 Å². The number of likely N-dealkylation sites (tertiary alicyclic amines) is 1. The van der Waals surface area contributed by atoms with Crippen LogP contribution in [0.25, 0.3) is 11.0 Å². The number of hydrogen-bond acceptors (Lipinski definition) is 4. The van der Waals surface area contributed by atoms with E-state index >= 15 is 0 Å². The van der Waals surface area contributed by atoms with E-state index in [0.29, 0.717) is 11.5 Å². The van der Waals surface area contributed by atoms with Crippen molar-refractivity contribution in [3.63, 3.8) is 0 Å². The van der Waals surface area contributed by atoms with Crippen molar-refractivity contribution in [2.75, 3.05) is 13.1 Å². The van der Waals surface area contributed by atoms with Gasteiger partial charge in [-0.2, -0.15) is 0 Å². The van der Waals surface area contributed by atoms with Gasteiger partial charge >= 0.3 is 5.63 Å². The van der Waals surface area contributed by atoms with Crippen LogP contribution >= 0.6 is 0 Å². The monoisotopic (exact) mass is 337 g/mol. The van der Waals surface area contributed by atoms with Crippen molar-refractivity contribution < 1.29 is 4.42 Å². The number of benzene rings is 1. The third-order valence-corrected chi connectivity index (χ3v) is 5.19. The van der Waals surface area contributed by atoms with Gasteiger partial charge in [-0.3, -0.25) is 4.90 Å². The summed E-state index contributed by atoms with van der Waals surface area (Å²) < 4.78 is 7.52. The average molecular weight is 337 g/mol. The highest BCUT2D eigenvalue weighted by Gasteiger charge is 2.27. The summed E-state index contributed by atoms with van der Waals surface area (Å²) in [6, 6.07) is 7.83. The second-order valence-electron chi connectivity index (χ2n) is 6.89. The maximum Gasteiger partial charge on any atom is 0.336 e. The van der Waals surface area contributed by atoms with Gasteiger partial charge < -0.3 is 8.98 Å². The molecule has 1 unspecified atom stereocenters. The van der Waals surface area contributed by atoms with Crippen molar-refractivity contribution in [1.82, 2.24) is 14.5 Å². The maximum atomic E-state index is 12.0. The zero-order valence-corrected chi connectivity index (χ0v) is 14.7. The quantitative estimate of drug-likeness (QED) is 0.687. The highest BCUT2D eigenvalue weighted by Crippen LogP contribution is 2.28. The first kappa shape index (κ1) is 16.1. The van der Waals surface area contributed by atoms with E-state index in [4.69, 9.17) is 4.42 Å². The Kier molecular flexibility index (Phi) is 4.17. The highest BCUT2D eigenvalue weighted by molar-refractivity contribution is 5.80. The summed E-state index contributed by atoms with van der Waals surface area (Å²) in [7, 11) is 2.05. The SMILES string of the molecule is CCc1ccc2c(CN3CCC(c4nccn4C)C3)cc(=O)oc2c1. The van der Waals surface area contributed by atoms with E-state index in [1.807, 2.05) is 25.5 Å². The third-order valence-electron chi connectivity index (χ3n) is 5.19. The summed E-state index contributed by atoms with van der Waals surface area (Å²) >= 11 is 0. The minimum absolute atomic E-state index is 0.268. The summed E-state index contributed by atoms with van der Waals surface area (Å²) in [6.45, 7) is 4.87. The van der Waals surface area contributed by atoms with Gasteiger partial charge in [0, 0.05) is 49.9 Å². The molecule has 1 aliphatic rings. The van der Waals surface area contributed by atoms with E-state index in [1.165, 1.54) is 5.56 Å². The molecule has 0 bridgehead atoms. The fraction of sp³-hybridized carbons (Fsp3) is 0.400. The number of aryl methyl sites for hydroxylation is 2. The number of hydrogen-bond donors (Lipinski definition) is 0. The van der Waals surface area contributed by atoms with E-state index in [0.717, 1.165) is 49.2 Å². The van der Waals surface area contributed by atoms with Crippen LogP contribution in [0.15, 0.2) is 45.9 Å². The molecule has 0 spiro atoms. The van der Waals surface area contributed by atoms with Crippen LogP contribution in [-0.4, -0.2) is 27.5 Å². The normalized spacial score (nSPS) is 18.2. The lowest BCUT2D eigenvalue weighted by Gasteiger charge is -2.17. The highest BCUT2D eigenvalue weighted by atomic mass is 16.4. The van der Waals surface area contributed by atoms with Gasteiger partial charge in [-0.25, -0.2) is 9.78 Å². The minimum Gasteiger partial charge on any atom is -0.423 e. The molecule has 1 aromatic carbocycles. The third kappa shape index (κ3) is 3.12. The molecule has 1 aliphatic heterocycles. The molecule has 1 fully saturated rings.